The third-order valence-corrected chi connectivity index (χ3v) is 5.08. The van der Waals surface area contributed by atoms with E-state index in [0.717, 1.165) is 24.2 Å². The van der Waals surface area contributed by atoms with Crippen molar-refractivity contribution in [3.63, 3.8) is 0 Å². The summed E-state index contributed by atoms with van der Waals surface area (Å²) in [6.45, 7) is 3.28. The molecule has 0 N–H and O–H groups in total. The summed E-state index contributed by atoms with van der Waals surface area (Å²) in [7, 11) is 3.80. The van der Waals surface area contributed by atoms with Gasteiger partial charge in [-0.25, -0.2) is 0 Å². The van der Waals surface area contributed by atoms with Crippen LogP contribution in [0.1, 0.15) is 40.8 Å². The Hall–Kier alpha value is -2.90. The van der Waals surface area contributed by atoms with Crippen LogP contribution in [0.2, 0.25) is 0 Å². The fourth-order valence-corrected chi connectivity index (χ4v) is 3.36. The number of hydrogen-bond acceptors (Lipinski definition) is 5. The van der Waals surface area contributed by atoms with Gasteiger partial charge in [0.25, 0.3) is 5.91 Å². The van der Waals surface area contributed by atoms with Crippen LogP contribution in [0.5, 0.6) is 0 Å². The molecule has 1 aliphatic heterocycles. The third kappa shape index (κ3) is 2.91. The van der Waals surface area contributed by atoms with E-state index in [9.17, 15) is 4.79 Å². The molecule has 0 bridgehead atoms. The maximum atomic E-state index is 12.6. The molecule has 4 rings (SSSR count). The zero-order chi connectivity index (χ0) is 18.3. The van der Waals surface area contributed by atoms with E-state index in [1.807, 2.05) is 54.9 Å². The summed E-state index contributed by atoms with van der Waals surface area (Å²) in [4.78, 5) is 19.0. The first-order valence-electron chi connectivity index (χ1n) is 8.78. The quantitative estimate of drug-likeness (QED) is 0.720. The van der Waals surface area contributed by atoms with Gasteiger partial charge < -0.3 is 14.0 Å². The number of carbonyl (C=O) groups is 1. The number of aromatic nitrogens is 5. The molecule has 1 fully saturated rings. The van der Waals surface area contributed by atoms with Crippen LogP contribution in [-0.2, 0) is 14.1 Å². The topological polar surface area (TPSA) is 82.0 Å². The summed E-state index contributed by atoms with van der Waals surface area (Å²) in [5.41, 5.74) is 2.41. The van der Waals surface area contributed by atoms with E-state index >= 15 is 0 Å². The molecule has 0 spiro atoms. The van der Waals surface area contributed by atoms with Crippen LogP contribution < -0.4 is 0 Å². The van der Waals surface area contributed by atoms with Crippen molar-refractivity contribution >= 4 is 5.91 Å². The number of likely N-dealkylation sites (tertiary alicyclic amines) is 1. The van der Waals surface area contributed by atoms with E-state index in [1.165, 1.54) is 0 Å². The smallest absolute Gasteiger partial charge is 0.274 e. The third-order valence-electron chi connectivity index (χ3n) is 5.08. The largest absolute Gasteiger partial charge is 0.348 e. The Balaban J connectivity index is 1.41. The summed E-state index contributed by atoms with van der Waals surface area (Å²) in [5.74, 6) is 1.44. The van der Waals surface area contributed by atoms with Gasteiger partial charge in [0.2, 0.25) is 11.7 Å². The second kappa shape index (κ2) is 6.44. The zero-order valence-corrected chi connectivity index (χ0v) is 15.2. The highest BCUT2D eigenvalue weighted by Gasteiger charge is 2.29. The van der Waals surface area contributed by atoms with E-state index in [0.29, 0.717) is 30.5 Å². The first kappa shape index (κ1) is 16.6. The minimum atomic E-state index is -0.0119. The van der Waals surface area contributed by atoms with Crippen LogP contribution >= 0.6 is 0 Å². The Labute approximate surface area is 151 Å². The summed E-state index contributed by atoms with van der Waals surface area (Å²) in [5, 5.41) is 8.39. The highest BCUT2D eigenvalue weighted by atomic mass is 16.5. The molecule has 0 radical (unpaired) electrons. The van der Waals surface area contributed by atoms with Gasteiger partial charge in [0, 0.05) is 45.0 Å². The average molecular weight is 354 g/mol. The molecule has 0 aliphatic carbocycles. The van der Waals surface area contributed by atoms with Gasteiger partial charge in [-0.15, -0.1) is 0 Å². The number of carbonyl (C=O) groups excluding carboxylic acids is 1. The molecule has 3 aromatic rings. The van der Waals surface area contributed by atoms with E-state index in [-0.39, 0.29) is 11.8 Å². The van der Waals surface area contributed by atoms with Crippen LogP contribution in [-0.4, -0.2) is 48.4 Å². The van der Waals surface area contributed by atoms with E-state index in [2.05, 4.69) is 15.2 Å². The predicted octanol–water partition coefficient (Wildman–Crippen LogP) is 2.14. The highest BCUT2D eigenvalue weighted by molar-refractivity contribution is 5.92. The summed E-state index contributed by atoms with van der Waals surface area (Å²) < 4.78 is 9.18. The van der Waals surface area contributed by atoms with Crippen molar-refractivity contribution in [2.45, 2.75) is 25.7 Å². The van der Waals surface area contributed by atoms with Crippen LogP contribution in [0, 0.1) is 6.92 Å². The van der Waals surface area contributed by atoms with Crippen molar-refractivity contribution in [2.24, 2.45) is 14.1 Å². The lowest BCUT2D eigenvalue weighted by Gasteiger charge is -2.29. The molecule has 136 valence electrons. The van der Waals surface area contributed by atoms with Crippen molar-refractivity contribution in [2.75, 3.05) is 13.1 Å². The molecule has 0 atom stereocenters. The van der Waals surface area contributed by atoms with Gasteiger partial charge >= 0.3 is 0 Å². The van der Waals surface area contributed by atoms with Crippen LogP contribution in [0.15, 0.2) is 28.9 Å². The molecule has 8 nitrogen and oxygen atoms in total. The molecule has 0 saturated carbocycles. The molecule has 1 saturated heterocycles. The normalized spacial score (nSPS) is 15.6. The summed E-state index contributed by atoms with van der Waals surface area (Å²) in [6.07, 6.45) is 3.58. The van der Waals surface area contributed by atoms with Gasteiger partial charge in [-0.2, -0.15) is 10.1 Å². The summed E-state index contributed by atoms with van der Waals surface area (Å²) >= 11 is 0. The van der Waals surface area contributed by atoms with Crippen LogP contribution in [0.25, 0.3) is 11.5 Å². The van der Waals surface area contributed by atoms with Crippen molar-refractivity contribution in [1.82, 2.24) is 29.4 Å². The van der Waals surface area contributed by atoms with Gasteiger partial charge in [-0.1, -0.05) is 5.16 Å². The molecule has 3 aromatic heterocycles. The van der Waals surface area contributed by atoms with Crippen molar-refractivity contribution in [3.05, 3.63) is 41.7 Å². The standard InChI is InChI=1S/C18H22N6O2/c1-12-11-14(20-23(12)3)18(25)24-9-6-13(7-10-24)17-19-16(21-26-17)15-5-4-8-22(15)2/h4-5,8,11,13H,6-7,9-10H2,1-3H3. The van der Waals surface area contributed by atoms with Crippen LogP contribution in [0.4, 0.5) is 0 Å². The molecular formula is C18H22N6O2. The van der Waals surface area contributed by atoms with Crippen molar-refractivity contribution in [1.29, 1.82) is 0 Å². The first-order chi connectivity index (χ1) is 12.5. The molecule has 0 unspecified atom stereocenters. The van der Waals surface area contributed by atoms with Gasteiger partial charge in [0.15, 0.2) is 5.69 Å². The van der Waals surface area contributed by atoms with Crippen LogP contribution in [0.3, 0.4) is 0 Å². The Kier molecular flexibility index (Phi) is 4.10. The van der Waals surface area contributed by atoms with Gasteiger partial charge in [-0.05, 0) is 38.0 Å². The molecule has 1 amide bonds. The molecule has 26 heavy (non-hydrogen) atoms. The Morgan fingerprint density at radius 3 is 2.65 bits per heavy atom. The lowest BCUT2D eigenvalue weighted by atomic mass is 9.96. The number of nitrogens with zero attached hydrogens (tertiary/aromatic N) is 6. The molecule has 8 heteroatoms. The maximum Gasteiger partial charge on any atom is 0.274 e. The van der Waals surface area contributed by atoms with E-state index in [4.69, 9.17) is 4.52 Å². The Bertz CT molecular complexity index is 910. The second-order valence-corrected chi connectivity index (χ2v) is 6.82. The van der Waals surface area contributed by atoms with Gasteiger partial charge in [0.1, 0.15) is 0 Å². The molecule has 1 aliphatic rings. The SMILES string of the molecule is Cc1cc(C(=O)N2CCC(c3nc(-c4cccn4C)no3)CC2)nn1C. The lowest BCUT2D eigenvalue weighted by molar-refractivity contribution is 0.0698. The zero-order valence-electron chi connectivity index (χ0n) is 15.2. The number of hydrogen-bond donors (Lipinski definition) is 0. The maximum absolute atomic E-state index is 12.6. The van der Waals surface area contributed by atoms with E-state index in [1.54, 1.807) is 4.68 Å². The molecular weight excluding hydrogens is 332 g/mol. The van der Waals surface area contributed by atoms with Crippen molar-refractivity contribution in [3.8, 4) is 11.5 Å². The second-order valence-electron chi connectivity index (χ2n) is 6.82. The fraction of sp³-hybridized carbons (Fsp3) is 0.444. The Morgan fingerprint density at radius 2 is 2.04 bits per heavy atom. The monoisotopic (exact) mass is 354 g/mol. The molecule has 4 heterocycles. The van der Waals surface area contributed by atoms with E-state index < -0.39 is 0 Å². The van der Waals surface area contributed by atoms with Crippen molar-refractivity contribution < 1.29 is 9.32 Å². The first-order valence-corrected chi connectivity index (χ1v) is 8.78. The average Bonchev–Trinajstić information content (AvgIpc) is 3.35. The highest BCUT2D eigenvalue weighted by Crippen LogP contribution is 2.29. The minimum absolute atomic E-state index is 0.0119. The van der Waals surface area contributed by atoms with Gasteiger partial charge in [-0.3, -0.25) is 9.48 Å². The minimum Gasteiger partial charge on any atom is -0.348 e. The fourth-order valence-electron chi connectivity index (χ4n) is 3.36. The Morgan fingerprint density at radius 1 is 1.27 bits per heavy atom. The summed E-state index contributed by atoms with van der Waals surface area (Å²) in [6, 6.07) is 5.75. The number of piperidine rings is 1. The number of rotatable bonds is 3. The number of amides is 1. The van der Waals surface area contributed by atoms with Gasteiger partial charge in [0.05, 0.1) is 5.69 Å². The predicted molar refractivity (Wildman–Crippen MR) is 94.5 cm³/mol. The molecule has 0 aromatic carbocycles. The lowest BCUT2D eigenvalue weighted by Crippen LogP contribution is -2.38. The number of aryl methyl sites for hydroxylation is 3.